The summed E-state index contributed by atoms with van der Waals surface area (Å²) in [5.74, 6) is -0.609. The molecule has 100 valence electrons. The SMILES string of the molecule is Fc1cc(Oc2ccc(C(F)(F)F)nn2)ccc1Br. The molecular weight excluding hydrogens is 332 g/mol. The lowest BCUT2D eigenvalue weighted by Crippen LogP contribution is -2.08. The molecule has 2 aromatic rings. The number of halogens is 5. The van der Waals surface area contributed by atoms with Crippen molar-refractivity contribution in [3.63, 3.8) is 0 Å². The molecule has 1 heterocycles. The van der Waals surface area contributed by atoms with Gasteiger partial charge in [-0.05, 0) is 34.1 Å². The van der Waals surface area contributed by atoms with Gasteiger partial charge in [0.15, 0.2) is 5.69 Å². The highest BCUT2D eigenvalue weighted by Gasteiger charge is 2.32. The van der Waals surface area contributed by atoms with Crippen LogP contribution in [0, 0.1) is 5.82 Å². The third-order valence-electron chi connectivity index (χ3n) is 2.04. The molecule has 0 radical (unpaired) electrons. The Morgan fingerprint density at radius 1 is 1.05 bits per heavy atom. The van der Waals surface area contributed by atoms with E-state index in [1.54, 1.807) is 0 Å². The highest BCUT2D eigenvalue weighted by atomic mass is 79.9. The molecule has 0 aliphatic rings. The molecule has 0 bridgehead atoms. The summed E-state index contributed by atoms with van der Waals surface area (Å²) in [6, 6.07) is 5.66. The number of rotatable bonds is 2. The van der Waals surface area contributed by atoms with E-state index in [1.165, 1.54) is 12.1 Å². The van der Waals surface area contributed by atoms with Gasteiger partial charge in [-0.25, -0.2) is 4.39 Å². The molecule has 0 atom stereocenters. The van der Waals surface area contributed by atoms with Crippen molar-refractivity contribution in [2.45, 2.75) is 6.18 Å². The van der Waals surface area contributed by atoms with Crippen LogP contribution in [0.3, 0.4) is 0 Å². The van der Waals surface area contributed by atoms with Crippen LogP contribution in [0.15, 0.2) is 34.8 Å². The minimum absolute atomic E-state index is 0.106. The number of nitrogens with zero attached hydrogens (tertiary/aromatic N) is 2. The molecule has 0 N–H and O–H groups in total. The second-order valence-electron chi connectivity index (χ2n) is 3.43. The van der Waals surface area contributed by atoms with Gasteiger partial charge in [-0.15, -0.1) is 10.2 Å². The van der Waals surface area contributed by atoms with Crippen LogP contribution in [0.1, 0.15) is 5.69 Å². The summed E-state index contributed by atoms with van der Waals surface area (Å²) in [6.07, 6.45) is -4.56. The molecule has 0 saturated carbocycles. The highest BCUT2D eigenvalue weighted by Crippen LogP contribution is 2.29. The molecule has 8 heteroatoms. The smallest absolute Gasteiger partial charge is 0.435 e. The average Bonchev–Trinajstić information content (AvgIpc) is 2.33. The third kappa shape index (κ3) is 3.40. The van der Waals surface area contributed by atoms with Crippen molar-refractivity contribution in [1.82, 2.24) is 10.2 Å². The van der Waals surface area contributed by atoms with E-state index in [4.69, 9.17) is 4.74 Å². The molecule has 0 aliphatic carbocycles. The molecule has 0 fully saturated rings. The molecular formula is C11H5BrF4N2O. The lowest BCUT2D eigenvalue weighted by Gasteiger charge is -2.07. The third-order valence-corrected chi connectivity index (χ3v) is 2.69. The summed E-state index contributed by atoms with van der Waals surface area (Å²) < 4.78 is 55.3. The molecule has 19 heavy (non-hydrogen) atoms. The summed E-state index contributed by atoms with van der Waals surface area (Å²) >= 11 is 2.96. The van der Waals surface area contributed by atoms with E-state index in [9.17, 15) is 17.6 Å². The van der Waals surface area contributed by atoms with Gasteiger partial charge in [-0.3, -0.25) is 0 Å². The average molecular weight is 337 g/mol. The van der Waals surface area contributed by atoms with Gasteiger partial charge < -0.3 is 4.74 Å². The van der Waals surface area contributed by atoms with Gasteiger partial charge in [0.25, 0.3) is 0 Å². The standard InChI is InChI=1S/C11H5BrF4N2O/c12-7-2-1-6(5-8(7)13)19-10-4-3-9(17-18-10)11(14,15)16/h1-5H. The zero-order valence-corrected chi connectivity index (χ0v) is 10.7. The van der Waals surface area contributed by atoms with Crippen molar-refractivity contribution >= 4 is 15.9 Å². The first-order valence-electron chi connectivity index (χ1n) is 4.90. The summed E-state index contributed by atoms with van der Waals surface area (Å²) in [7, 11) is 0. The topological polar surface area (TPSA) is 35.0 Å². The molecule has 0 amide bonds. The summed E-state index contributed by atoms with van der Waals surface area (Å²) in [5, 5.41) is 6.25. The predicted molar refractivity (Wildman–Crippen MR) is 61.2 cm³/mol. The minimum Gasteiger partial charge on any atom is -0.437 e. The summed E-state index contributed by atoms with van der Waals surface area (Å²) in [5.41, 5.74) is -1.12. The Bertz CT molecular complexity index is 586. The van der Waals surface area contributed by atoms with Crippen molar-refractivity contribution in [3.8, 4) is 11.6 Å². The first-order valence-corrected chi connectivity index (χ1v) is 5.69. The van der Waals surface area contributed by atoms with Crippen molar-refractivity contribution in [3.05, 3.63) is 46.3 Å². The Hall–Kier alpha value is -1.70. The maximum atomic E-state index is 13.2. The maximum Gasteiger partial charge on any atom is 0.435 e. The number of ether oxygens (including phenoxy) is 1. The van der Waals surface area contributed by atoms with Gasteiger partial charge in [0, 0.05) is 12.1 Å². The van der Waals surface area contributed by atoms with Gasteiger partial charge in [0.1, 0.15) is 11.6 Å². The fourth-order valence-electron chi connectivity index (χ4n) is 1.19. The monoisotopic (exact) mass is 336 g/mol. The molecule has 2 rings (SSSR count). The molecule has 0 aliphatic heterocycles. The molecule has 0 saturated heterocycles. The summed E-state index contributed by atoms with van der Waals surface area (Å²) in [6.45, 7) is 0. The fraction of sp³-hybridized carbons (Fsp3) is 0.0909. The van der Waals surface area contributed by atoms with Crippen LogP contribution >= 0.6 is 15.9 Å². The van der Waals surface area contributed by atoms with E-state index in [-0.39, 0.29) is 16.1 Å². The molecule has 1 aromatic carbocycles. The number of aromatic nitrogens is 2. The number of hydrogen-bond acceptors (Lipinski definition) is 3. The van der Waals surface area contributed by atoms with Crippen LogP contribution in [0.2, 0.25) is 0 Å². The zero-order chi connectivity index (χ0) is 14.0. The Balaban J connectivity index is 2.17. The van der Waals surface area contributed by atoms with Gasteiger partial charge >= 0.3 is 6.18 Å². The quantitative estimate of drug-likeness (QED) is 0.771. The lowest BCUT2D eigenvalue weighted by molar-refractivity contribution is -0.141. The minimum atomic E-state index is -4.56. The maximum absolute atomic E-state index is 13.2. The van der Waals surface area contributed by atoms with Crippen molar-refractivity contribution in [1.29, 1.82) is 0 Å². The van der Waals surface area contributed by atoms with Crippen molar-refractivity contribution in [2.75, 3.05) is 0 Å². The van der Waals surface area contributed by atoms with E-state index >= 15 is 0 Å². The fourth-order valence-corrected chi connectivity index (χ4v) is 1.43. The zero-order valence-electron chi connectivity index (χ0n) is 9.08. The number of benzene rings is 1. The first-order chi connectivity index (χ1) is 8.86. The van der Waals surface area contributed by atoms with E-state index in [1.807, 2.05) is 0 Å². The Morgan fingerprint density at radius 3 is 2.32 bits per heavy atom. The van der Waals surface area contributed by atoms with Crippen LogP contribution < -0.4 is 4.74 Å². The van der Waals surface area contributed by atoms with Gasteiger partial charge in [0.2, 0.25) is 5.88 Å². The van der Waals surface area contributed by atoms with Gasteiger partial charge in [-0.1, -0.05) is 0 Å². The Morgan fingerprint density at radius 2 is 1.79 bits per heavy atom. The van der Waals surface area contributed by atoms with Crippen LogP contribution in [0.25, 0.3) is 0 Å². The Labute approximate surface area is 113 Å². The number of alkyl halides is 3. The van der Waals surface area contributed by atoms with Crippen LogP contribution in [0.4, 0.5) is 17.6 Å². The van der Waals surface area contributed by atoms with E-state index in [0.717, 1.165) is 18.2 Å². The second kappa shape index (κ2) is 5.12. The largest absolute Gasteiger partial charge is 0.437 e. The van der Waals surface area contributed by atoms with Crippen LogP contribution in [-0.2, 0) is 6.18 Å². The van der Waals surface area contributed by atoms with Crippen molar-refractivity contribution in [2.24, 2.45) is 0 Å². The van der Waals surface area contributed by atoms with E-state index < -0.39 is 17.7 Å². The Kier molecular flexibility index (Phi) is 3.70. The van der Waals surface area contributed by atoms with E-state index in [0.29, 0.717) is 0 Å². The first kappa shape index (κ1) is 13.7. The van der Waals surface area contributed by atoms with Crippen LogP contribution in [-0.4, -0.2) is 10.2 Å². The van der Waals surface area contributed by atoms with Crippen LogP contribution in [0.5, 0.6) is 11.6 Å². The molecule has 3 nitrogen and oxygen atoms in total. The highest BCUT2D eigenvalue weighted by molar-refractivity contribution is 9.10. The molecule has 0 unspecified atom stereocenters. The van der Waals surface area contributed by atoms with E-state index in [2.05, 4.69) is 26.1 Å². The summed E-state index contributed by atoms with van der Waals surface area (Å²) in [4.78, 5) is 0. The van der Waals surface area contributed by atoms with Gasteiger partial charge in [0.05, 0.1) is 4.47 Å². The molecule has 1 aromatic heterocycles. The van der Waals surface area contributed by atoms with Gasteiger partial charge in [-0.2, -0.15) is 13.2 Å². The second-order valence-corrected chi connectivity index (χ2v) is 4.29. The number of hydrogen-bond donors (Lipinski definition) is 0. The molecule has 0 spiro atoms. The predicted octanol–water partition coefficient (Wildman–Crippen LogP) is 4.19. The normalized spacial score (nSPS) is 11.4. The van der Waals surface area contributed by atoms with Crippen molar-refractivity contribution < 1.29 is 22.3 Å². The lowest BCUT2D eigenvalue weighted by atomic mass is 10.3.